The van der Waals surface area contributed by atoms with Gasteiger partial charge in [-0.3, -0.25) is 0 Å². The SMILES string of the molecule is Cc1ccccc1N(c1cc2c(c3ccccc13)-c1c(cc(N(c3ccccc3C)c3cccc4c3oc3c(C(C)(C)C)cccc34)c3ccccc13)C21c2ccccc2N(c2ccccc2)c2ccccc21)c1cccc2c1oc1c(C(C)(C)C)cccc12. The van der Waals surface area contributed by atoms with Gasteiger partial charge in [-0.2, -0.15) is 0 Å². The Bertz CT molecular complexity index is 5140. The van der Waals surface area contributed by atoms with Gasteiger partial charge >= 0.3 is 0 Å². The first kappa shape index (κ1) is 53.6. The van der Waals surface area contributed by atoms with Crippen LogP contribution < -0.4 is 14.7 Å². The van der Waals surface area contributed by atoms with Crippen LogP contribution >= 0.6 is 0 Å². The third-order valence-corrected chi connectivity index (χ3v) is 19.5. The number of para-hydroxylation sites is 9. The van der Waals surface area contributed by atoms with E-state index in [0.717, 1.165) is 117 Å². The lowest BCUT2D eigenvalue weighted by atomic mass is 9.64. The molecule has 0 radical (unpaired) electrons. The fraction of sp³-hybridized carbons (Fsp3) is 0.129. The molecular weight excluding hydrogens is 1090 g/mol. The van der Waals surface area contributed by atoms with Gasteiger partial charge in [0.1, 0.15) is 11.2 Å². The molecule has 1 aliphatic carbocycles. The Morgan fingerprint density at radius 2 is 0.644 bits per heavy atom. The van der Waals surface area contributed by atoms with Crippen LogP contribution in [0.4, 0.5) is 51.2 Å². The van der Waals surface area contributed by atoms with Crippen molar-refractivity contribution in [3.63, 3.8) is 0 Å². The van der Waals surface area contributed by atoms with Gasteiger partial charge in [-0.15, -0.1) is 0 Å². The molecule has 1 aliphatic heterocycles. The number of anilines is 9. The van der Waals surface area contributed by atoms with E-state index in [1.807, 2.05) is 0 Å². The minimum absolute atomic E-state index is 0.149. The lowest BCUT2D eigenvalue weighted by Crippen LogP contribution is -2.36. The molecule has 17 rings (SSSR count). The van der Waals surface area contributed by atoms with Gasteiger partial charge in [0.2, 0.25) is 0 Å². The van der Waals surface area contributed by atoms with Crippen molar-refractivity contribution in [3.8, 4) is 11.1 Å². The van der Waals surface area contributed by atoms with Crippen molar-refractivity contribution < 1.29 is 8.83 Å². The highest BCUT2D eigenvalue weighted by Crippen LogP contribution is 2.68. The summed E-state index contributed by atoms with van der Waals surface area (Å²) in [5, 5.41) is 9.01. The number of benzene rings is 13. The number of furan rings is 2. The Hall–Kier alpha value is -10.6. The number of nitrogens with zero attached hydrogens (tertiary/aromatic N) is 3. The van der Waals surface area contributed by atoms with E-state index in [9.17, 15) is 0 Å². The number of hydrogen-bond acceptors (Lipinski definition) is 5. The summed E-state index contributed by atoms with van der Waals surface area (Å²) in [7, 11) is 0. The summed E-state index contributed by atoms with van der Waals surface area (Å²) >= 11 is 0. The van der Waals surface area contributed by atoms with E-state index in [1.54, 1.807) is 0 Å². The maximum Gasteiger partial charge on any atom is 0.159 e. The van der Waals surface area contributed by atoms with Gasteiger partial charge in [0.25, 0.3) is 0 Å². The molecule has 0 saturated carbocycles. The van der Waals surface area contributed by atoms with Crippen LogP contribution in [-0.2, 0) is 16.2 Å². The Labute approximate surface area is 525 Å². The average Bonchev–Trinajstić information content (AvgIpc) is 1.46. The maximum absolute atomic E-state index is 7.39. The average molecular weight is 1160 g/mol. The minimum Gasteiger partial charge on any atom is -0.454 e. The van der Waals surface area contributed by atoms with Gasteiger partial charge < -0.3 is 23.5 Å². The van der Waals surface area contributed by atoms with Crippen molar-refractivity contribution in [3.05, 3.63) is 305 Å². The van der Waals surface area contributed by atoms with Crippen molar-refractivity contribution in [1.29, 1.82) is 0 Å². The van der Waals surface area contributed by atoms with E-state index >= 15 is 0 Å². The summed E-state index contributed by atoms with van der Waals surface area (Å²) in [6.45, 7) is 18.1. The second-order valence-corrected chi connectivity index (χ2v) is 26.8. The van der Waals surface area contributed by atoms with Crippen LogP contribution in [0.3, 0.4) is 0 Å². The van der Waals surface area contributed by atoms with Crippen molar-refractivity contribution in [1.82, 2.24) is 0 Å². The normalized spacial score (nSPS) is 13.4. The molecule has 0 atom stereocenters. The van der Waals surface area contributed by atoms with Crippen molar-refractivity contribution in [2.24, 2.45) is 0 Å². The molecule has 0 unspecified atom stereocenters. The zero-order valence-electron chi connectivity index (χ0n) is 52.0. The molecule has 0 bridgehead atoms. The molecule has 13 aromatic carbocycles. The Balaban J connectivity index is 1.04. The number of fused-ring (bicyclic) bond motifs is 19. The van der Waals surface area contributed by atoms with Gasteiger partial charge in [-0.25, -0.2) is 0 Å². The molecule has 5 heteroatoms. The Morgan fingerprint density at radius 3 is 1.08 bits per heavy atom. The first-order valence-corrected chi connectivity index (χ1v) is 31.6. The molecule has 15 aromatic rings. The predicted octanol–water partition coefficient (Wildman–Crippen LogP) is 24.1. The quantitative estimate of drug-likeness (QED) is 0.159. The lowest BCUT2D eigenvalue weighted by molar-refractivity contribution is 0.572. The van der Waals surface area contributed by atoms with Gasteiger partial charge in [-0.05, 0) is 141 Å². The van der Waals surface area contributed by atoms with Crippen LogP contribution in [0.25, 0.3) is 76.5 Å². The first-order valence-electron chi connectivity index (χ1n) is 31.6. The van der Waals surface area contributed by atoms with Gasteiger partial charge in [0.05, 0.1) is 39.5 Å². The van der Waals surface area contributed by atoms with Crippen LogP contribution in [0.5, 0.6) is 0 Å². The fourth-order valence-corrected chi connectivity index (χ4v) is 15.6. The van der Waals surface area contributed by atoms with E-state index in [0.29, 0.717) is 0 Å². The smallest absolute Gasteiger partial charge is 0.159 e. The Kier molecular flexibility index (Phi) is 11.7. The van der Waals surface area contributed by atoms with Crippen LogP contribution in [0, 0.1) is 13.8 Å². The maximum atomic E-state index is 7.39. The van der Waals surface area contributed by atoms with Gasteiger partial charge in [-0.1, -0.05) is 242 Å². The standard InChI is InChI=1S/C85H67N3O2/c1-52-28-12-20-44-69(52)87(73-48-26-38-61-59-36-24-42-65(83(3,4)5)79(59)89-81(61)73)75-50-67-77(57-34-16-14-32-55(57)75)78-58-35-17-15-33-56(58)76(51-68(78)85(67)63-40-18-22-46-71(63)86(54-30-10-9-11-31-54)72-47-23-19-41-64(72)85)88(70-45-21-13-29-53(70)2)74-49-27-39-62-60-37-25-43-66(84(6,7)8)80(60)90-82(62)74/h9-51H,1-8H3. The minimum atomic E-state index is -0.907. The zero-order chi connectivity index (χ0) is 60.9. The highest BCUT2D eigenvalue weighted by atomic mass is 16.3. The predicted molar refractivity (Wildman–Crippen MR) is 378 cm³/mol. The fourth-order valence-electron chi connectivity index (χ4n) is 15.6. The van der Waals surface area contributed by atoms with E-state index in [1.165, 1.54) is 55.3 Å². The summed E-state index contributed by atoms with van der Waals surface area (Å²) in [5.74, 6) is 0. The van der Waals surface area contributed by atoms with Crippen LogP contribution in [0.15, 0.2) is 270 Å². The summed E-state index contributed by atoms with van der Waals surface area (Å²) in [4.78, 5) is 7.50. The topological polar surface area (TPSA) is 36.0 Å². The second-order valence-electron chi connectivity index (χ2n) is 26.8. The molecule has 434 valence electrons. The van der Waals surface area contributed by atoms with Crippen molar-refractivity contribution in [2.45, 2.75) is 71.6 Å². The summed E-state index contributed by atoms with van der Waals surface area (Å²) in [6.07, 6.45) is 0. The molecule has 2 aliphatic rings. The summed E-state index contributed by atoms with van der Waals surface area (Å²) in [5.41, 5.74) is 23.9. The number of hydrogen-bond donors (Lipinski definition) is 0. The zero-order valence-corrected chi connectivity index (χ0v) is 52.0. The second kappa shape index (κ2) is 19.7. The van der Waals surface area contributed by atoms with Gasteiger partial charge in [0, 0.05) is 60.5 Å². The van der Waals surface area contributed by atoms with Crippen LogP contribution in [0.1, 0.15) is 86.1 Å². The van der Waals surface area contributed by atoms with Crippen LogP contribution in [0.2, 0.25) is 0 Å². The van der Waals surface area contributed by atoms with E-state index in [2.05, 4.69) is 331 Å². The molecule has 2 aromatic heterocycles. The molecule has 90 heavy (non-hydrogen) atoms. The molecule has 0 N–H and O–H groups in total. The first-order chi connectivity index (χ1) is 43.8. The third-order valence-electron chi connectivity index (χ3n) is 19.5. The highest BCUT2D eigenvalue weighted by molar-refractivity contribution is 6.21. The number of rotatable bonds is 7. The number of aryl methyl sites for hydroxylation is 2. The van der Waals surface area contributed by atoms with E-state index < -0.39 is 5.41 Å². The molecule has 1 spiro atoms. The molecule has 3 heterocycles. The van der Waals surface area contributed by atoms with Gasteiger partial charge in [0.15, 0.2) is 11.2 Å². The van der Waals surface area contributed by atoms with E-state index in [4.69, 9.17) is 8.83 Å². The van der Waals surface area contributed by atoms with Crippen molar-refractivity contribution >= 4 is 117 Å². The van der Waals surface area contributed by atoms with E-state index in [-0.39, 0.29) is 10.8 Å². The Morgan fingerprint density at radius 1 is 0.300 bits per heavy atom. The largest absolute Gasteiger partial charge is 0.454 e. The lowest BCUT2D eigenvalue weighted by Gasteiger charge is -2.45. The highest BCUT2D eigenvalue weighted by Gasteiger charge is 2.54. The molecule has 5 nitrogen and oxygen atoms in total. The van der Waals surface area contributed by atoms with Crippen LogP contribution in [-0.4, -0.2) is 0 Å². The summed E-state index contributed by atoms with van der Waals surface area (Å²) in [6, 6.07) is 97.1. The molecular formula is C85H67N3O2. The molecule has 0 saturated heterocycles. The monoisotopic (exact) mass is 1160 g/mol. The third kappa shape index (κ3) is 7.62. The molecule has 0 fully saturated rings. The van der Waals surface area contributed by atoms with Crippen molar-refractivity contribution in [2.75, 3.05) is 14.7 Å². The summed E-state index contributed by atoms with van der Waals surface area (Å²) < 4.78 is 14.8. The molecule has 0 amide bonds.